The monoisotopic (exact) mass is 353 g/mol. The first-order valence-corrected chi connectivity index (χ1v) is 7.81. The molecule has 124 valence electrons. The predicted octanol–water partition coefficient (Wildman–Crippen LogP) is 3.70. The van der Waals surface area contributed by atoms with Crippen molar-refractivity contribution in [1.82, 2.24) is 14.6 Å². The molecule has 2 heterocycles. The van der Waals surface area contributed by atoms with E-state index in [4.69, 9.17) is 16.3 Å². The van der Waals surface area contributed by atoms with Gasteiger partial charge in [0.2, 0.25) is 0 Å². The van der Waals surface area contributed by atoms with Gasteiger partial charge in [0, 0.05) is 15.8 Å². The van der Waals surface area contributed by atoms with E-state index in [1.165, 1.54) is 18.0 Å². The van der Waals surface area contributed by atoms with E-state index in [0.29, 0.717) is 21.4 Å². The van der Waals surface area contributed by atoms with Crippen molar-refractivity contribution in [3.63, 3.8) is 0 Å². The summed E-state index contributed by atoms with van der Waals surface area (Å²) in [4.78, 5) is 16.4. The molecule has 7 heteroatoms. The number of benzene rings is 2. The van der Waals surface area contributed by atoms with Crippen LogP contribution in [-0.2, 0) is 4.74 Å². The highest BCUT2D eigenvalue weighted by Crippen LogP contribution is 2.39. The van der Waals surface area contributed by atoms with Gasteiger partial charge in [-0.15, -0.1) is 0 Å². The molecule has 0 saturated carbocycles. The smallest absolute Gasteiger partial charge is 0.360 e. The largest absolute Gasteiger partial charge is 0.505 e. The van der Waals surface area contributed by atoms with Crippen LogP contribution >= 0.6 is 11.6 Å². The molecule has 0 aliphatic rings. The third kappa shape index (κ3) is 2.30. The van der Waals surface area contributed by atoms with Gasteiger partial charge in [0.15, 0.2) is 17.1 Å². The Morgan fingerprint density at radius 3 is 2.72 bits per heavy atom. The van der Waals surface area contributed by atoms with Crippen LogP contribution < -0.4 is 0 Å². The van der Waals surface area contributed by atoms with Crippen LogP contribution in [0.3, 0.4) is 0 Å². The number of fused-ring (bicyclic) bond motifs is 3. The molecule has 6 nitrogen and oxygen atoms in total. The van der Waals surface area contributed by atoms with Crippen LogP contribution in [0.4, 0.5) is 0 Å². The number of esters is 1. The molecule has 0 spiro atoms. The number of rotatable bonds is 2. The van der Waals surface area contributed by atoms with Crippen molar-refractivity contribution in [1.29, 1.82) is 0 Å². The fourth-order valence-corrected chi connectivity index (χ4v) is 3.18. The summed E-state index contributed by atoms with van der Waals surface area (Å²) in [5.41, 5.74) is 2.03. The number of halogens is 1. The molecule has 4 rings (SSSR count). The number of nitrogens with zero attached hydrogens (tertiary/aromatic N) is 3. The first-order valence-electron chi connectivity index (χ1n) is 7.43. The molecule has 0 unspecified atom stereocenters. The van der Waals surface area contributed by atoms with Crippen LogP contribution in [0.5, 0.6) is 5.75 Å². The summed E-state index contributed by atoms with van der Waals surface area (Å²) in [6.07, 6.45) is 1.32. The summed E-state index contributed by atoms with van der Waals surface area (Å²) >= 11 is 6.27. The van der Waals surface area contributed by atoms with Crippen molar-refractivity contribution in [2.75, 3.05) is 7.11 Å². The lowest BCUT2D eigenvalue weighted by atomic mass is 9.98. The summed E-state index contributed by atoms with van der Waals surface area (Å²) in [7, 11) is 1.24. The van der Waals surface area contributed by atoms with Gasteiger partial charge in [-0.1, -0.05) is 41.9 Å². The quantitative estimate of drug-likeness (QED) is 0.556. The summed E-state index contributed by atoms with van der Waals surface area (Å²) < 4.78 is 6.05. The number of aromatic nitrogens is 3. The van der Waals surface area contributed by atoms with Gasteiger partial charge in [0.05, 0.1) is 7.11 Å². The minimum Gasteiger partial charge on any atom is -0.505 e. The lowest BCUT2D eigenvalue weighted by Gasteiger charge is -2.13. The van der Waals surface area contributed by atoms with Crippen LogP contribution in [-0.4, -0.2) is 32.8 Å². The number of methoxy groups -OCH3 is 1. The number of pyridine rings is 1. The van der Waals surface area contributed by atoms with Gasteiger partial charge < -0.3 is 9.84 Å². The molecular weight excluding hydrogens is 342 g/mol. The van der Waals surface area contributed by atoms with E-state index in [9.17, 15) is 9.90 Å². The Morgan fingerprint density at radius 2 is 2.00 bits per heavy atom. The van der Waals surface area contributed by atoms with Crippen LogP contribution in [0.15, 0.2) is 48.8 Å². The van der Waals surface area contributed by atoms with Crippen molar-refractivity contribution in [2.45, 2.75) is 0 Å². The van der Waals surface area contributed by atoms with E-state index >= 15 is 0 Å². The van der Waals surface area contributed by atoms with Gasteiger partial charge in [0.25, 0.3) is 0 Å². The van der Waals surface area contributed by atoms with Crippen molar-refractivity contribution >= 4 is 34.0 Å². The van der Waals surface area contributed by atoms with Gasteiger partial charge in [-0.25, -0.2) is 14.3 Å². The minimum absolute atomic E-state index is 0.0937. The molecule has 2 aromatic carbocycles. The zero-order valence-electron chi connectivity index (χ0n) is 13.1. The Balaban J connectivity index is 2.23. The highest BCUT2D eigenvalue weighted by atomic mass is 35.5. The van der Waals surface area contributed by atoms with Crippen molar-refractivity contribution in [2.24, 2.45) is 0 Å². The zero-order chi connectivity index (χ0) is 17.6. The molecule has 0 bridgehead atoms. The lowest BCUT2D eigenvalue weighted by Crippen LogP contribution is -2.10. The predicted molar refractivity (Wildman–Crippen MR) is 93.9 cm³/mol. The molecule has 0 aliphatic heterocycles. The summed E-state index contributed by atoms with van der Waals surface area (Å²) in [6, 6.07) is 13.0. The number of hydrogen-bond donors (Lipinski definition) is 1. The van der Waals surface area contributed by atoms with Crippen LogP contribution in [0.2, 0.25) is 5.02 Å². The molecule has 0 saturated heterocycles. The third-order valence-electron chi connectivity index (χ3n) is 4.03. The van der Waals surface area contributed by atoms with Crippen molar-refractivity contribution in [3.05, 3.63) is 59.5 Å². The summed E-state index contributed by atoms with van der Waals surface area (Å²) in [5, 5.41) is 16.3. The van der Waals surface area contributed by atoms with E-state index in [1.54, 1.807) is 12.1 Å². The maximum Gasteiger partial charge on any atom is 0.360 e. The van der Waals surface area contributed by atoms with Gasteiger partial charge in [-0.3, -0.25) is 0 Å². The van der Waals surface area contributed by atoms with E-state index in [0.717, 1.165) is 11.1 Å². The fraction of sp³-hybridized carbons (Fsp3) is 0.0556. The van der Waals surface area contributed by atoms with Gasteiger partial charge in [-0.05, 0) is 23.3 Å². The Morgan fingerprint density at radius 1 is 1.24 bits per heavy atom. The number of carbonyl (C=O) groups excluding carboxylic acids is 1. The Hall–Kier alpha value is -3.12. The molecule has 0 aliphatic carbocycles. The maximum absolute atomic E-state index is 12.1. The summed E-state index contributed by atoms with van der Waals surface area (Å²) in [6.45, 7) is 0. The molecular formula is C18H12ClN3O3. The molecule has 0 fully saturated rings. The topological polar surface area (TPSA) is 76.7 Å². The average Bonchev–Trinajstić information content (AvgIpc) is 3.10. The number of ether oxygens (including phenoxy) is 1. The first-order chi connectivity index (χ1) is 12.1. The first kappa shape index (κ1) is 15.4. The fourth-order valence-electron chi connectivity index (χ4n) is 2.96. The van der Waals surface area contributed by atoms with Crippen molar-refractivity contribution in [3.8, 4) is 16.9 Å². The second kappa shape index (κ2) is 5.75. The SMILES string of the molecule is COC(=O)c1c(O)c2cc(Cl)cc(-c3ccccc3)c2c2ncnn12. The molecule has 0 amide bonds. The van der Waals surface area contributed by atoms with Crippen LogP contribution in [0.1, 0.15) is 10.5 Å². The molecule has 2 aromatic heterocycles. The van der Waals surface area contributed by atoms with Gasteiger partial charge in [0.1, 0.15) is 6.33 Å². The Bertz CT molecular complexity index is 1120. The molecule has 25 heavy (non-hydrogen) atoms. The van der Waals surface area contributed by atoms with E-state index in [1.807, 2.05) is 30.3 Å². The number of carbonyl (C=O) groups is 1. The minimum atomic E-state index is -0.712. The standard InChI is InChI=1S/C18H12ClN3O3/c1-25-18(24)15-16(23)13-8-11(19)7-12(10-5-3-2-4-6-10)14(13)17-20-9-21-22(15)17/h2-9,23H,1H3. The Labute approximate surface area is 147 Å². The molecule has 4 aromatic rings. The number of hydrogen-bond acceptors (Lipinski definition) is 5. The Kier molecular flexibility index (Phi) is 3.54. The molecule has 1 N–H and O–H groups in total. The van der Waals surface area contributed by atoms with Crippen LogP contribution in [0, 0.1) is 0 Å². The average molecular weight is 354 g/mol. The van der Waals surface area contributed by atoms with Gasteiger partial charge >= 0.3 is 5.97 Å². The van der Waals surface area contributed by atoms with E-state index in [2.05, 4.69) is 10.1 Å². The van der Waals surface area contributed by atoms with E-state index in [-0.39, 0.29) is 11.4 Å². The third-order valence-corrected chi connectivity index (χ3v) is 4.25. The molecule has 0 atom stereocenters. The van der Waals surface area contributed by atoms with Gasteiger partial charge in [-0.2, -0.15) is 5.10 Å². The van der Waals surface area contributed by atoms with E-state index < -0.39 is 5.97 Å². The second-order valence-electron chi connectivity index (χ2n) is 5.43. The lowest BCUT2D eigenvalue weighted by molar-refractivity contribution is 0.0587. The number of aromatic hydroxyl groups is 1. The highest BCUT2D eigenvalue weighted by molar-refractivity contribution is 6.32. The normalized spacial score (nSPS) is 11.1. The zero-order valence-corrected chi connectivity index (χ0v) is 13.9. The highest BCUT2D eigenvalue weighted by Gasteiger charge is 2.24. The maximum atomic E-state index is 12.1. The molecule has 0 radical (unpaired) electrons. The van der Waals surface area contributed by atoms with Crippen molar-refractivity contribution < 1.29 is 14.6 Å². The second-order valence-corrected chi connectivity index (χ2v) is 5.86. The van der Waals surface area contributed by atoms with Crippen LogP contribution in [0.25, 0.3) is 27.5 Å². The summed E-state index contributed by atoms with van der Waals surface area (Å²) in [5.74, 6) is -0.962.